The van der Waals surface area contributed by atoms with Crippen molar-refractivity contribution in [1.29, 1.82) is 0 Å². The van der Waals surface area contributed by atoms with Gasteiger partial charge in [0, 0.05) is 17.0 Å². The molecule has 1 atom stereocenters. The molecule has 0 radical (unpaired) electrons. The molecule has 0 amide bonds. The van der Waals surface area contributed by atoms with Crippen molar-refractivity contribution >= 4 is 16.5 Å². The van der Waals surface area contributed by atoms with Gasteiger partial charge < -0.3 is 0 Å². The zero-order valence-electron chi connectivity index (χ0n) is 9.78. The van der Waals surface area contributed by atoms with E-state index in [1.807, 2.05) is 0 Å². The topological polar surface area (TPSA) is 60.2 Å². The summed E-state index contributed by atoms with van der Waals surface area (Å²) >= 11 is 0. The van der Waals surface area contributed by atoms with E-state index in [0.717, 1.165) is 0 Å². The number of nitro groups is 1. The van der Waals surface area contributed by atoms with E-state index >= 15 is 0 Å². The van der Waals surface area contributed by atoms with E-state index in [4.69, 9.17) is 0 Å². The molecule has 2 aromatic carbocycles. The molecule has 4 nitrogen and oxygen atoms in total. The Bertz CT molecular complexity index is 628. The first-order chi connectivity index (χ1) is 9.06. The molecule has 0 aromatic heterocycles. The molecule has 0 saturated carbocycles. The van der Waals surface area contributed by atoms with Crippen LogP contribution in [0.3, 0.4) is 0 Å². The van der Waals surface area contributed by atoms with Gasteiger partial charge in [0.1, 0.15) is 5.82 Å². The van der Waals surface area contributed by atoms with E-state index in [2.05, 4.69) is 0 Å². The maximum Gasteiger partial charge on any atom is 0.269 e. The van der Waals surface area contributed by atoms with E-state index in [-0.39, 0.29) is 11.4 Å². The van der Waals surface area contributed by atoms with Gasteiger partial charge in [-0.05, 0) is 29.8 Å². The Morgan fingerprint density at radius 1 is 1.16 bits per heavy atom. The van der Waals surface area contributed by atoms with E-state index in [1.165, 1.54) is 36.4 Å². The van der Waals surface area contributed by atoms with Crippen molar-refractivity contribution in [3.63, 3.8) is 0 Å². The van der Waals surface area contributed by atoms with Gasteiger partial charge in [0.15, 0.2) is 0 Å². The predicted molar refractivity (Wildman–Crippen MR) is 69.6 cm³/mol. The molecule has 2 rings (SSSR count). The van der Waals surface area contributed by atoms with Crippen LogP contribution < -0.4 is 0 Å². The van der Waals surface area contributed by atoms with E-state index in [9.17, 15) is 18.7 Å². The van der Waals surface area contributed by atoms with Gasteiger partial charge in [0.2, 0.25) is 0 Å². The van der Waals surface area contributed by atoms with Crippen LogP contribution in [-0.4, -0.2) is 9.13 Å². The number of nitro benzene ring substituents is 1. The van der Waals surface area contributed by atoms with Gasteiger partial charge in [-0.25, -0.2) is 4.39 Å². The smallest absolute Gasteiger partial charge is 0.258 e. The molecule has 2 aromatic rings. The van der Waals surface area contributed by atoms with E-state index in [1.54, 1.807) is 12.1 Å². The molecule has 19 heavy (non-hydrogen) atoms. The monoisotopic (exact) mass is 279 g/mol. The van der Waals surface area contributed by atoms with Crippen molar-refractivity contribution in [2.75, 3.05) is 0 Å². The van der Waals surface area contributed by atoms with Gasteiger partial charge in [-0.15, -0.1) is 0 Å². The zero-order valence-corrected chi connectivity index (χ0v) is 10.6. The highest BCUT2D eigenvalue weighted by Crippen LogP contribution is 2.17. The summed E-state index contributed by atoms with van der Waals surface area (Å²) in [6.07, 6.45) is 0. The highest BCUT2D eigenvalue weighted by molar-refractivity contribution is 7.84. The lowest BCUT2D eigenvalue weighted by Gasteiger charge is -2.02. The highest BCUT2D eigenvalue weighted by atomic mass is 32.2. The molecular weight excluding hydrogens is 269 g/mol. The molecule has 0 aliphatic carbocycles. The van der Waals surface area contributed by atoms with Gasteiger partial charge in [0.25, 0.3) is 5.69 Å². The second kappa shape index (κ2) is 5.71. The van der Waals surface area contributed by atoms with E-state index < -0.39 is 21.5 Å². The fraction of sp³-hybridized carbons (Fsp3) is 0.0769. The fourth-order valence-electron chi connectivity index (χ4n) is 1.58. The van der Waals surface area contributed by atoms with Crippen molar-refractivity contribution in [1.82, 2.24) is 0 Å². The van der Waals surface area contributed by atoms with Crippen LogP contribution in [0.25, 0.3) is 0 Å². The Balaban J connectivity index is 2.17. The van der Waals surface area contributed by atoms with Gasteiger partial charge in [0.05, 0.1) is 21.5 Å². The molecule has 0 saturated heterocycles. The molecule has 0 N–H and O–H groups in total. The Hall–Kier alpha value is -2.08. The van der Waals surface area contributed by atoms with Crippen LogP contribution in [-0.2, 0) is 16.6 Å². The summed E-state index contributed by atoms with van der Waals surface area (Å²) in [6.45, 7) is 0. The van der Waals surface area contributed by atoms with Crippen LogP contribution in [0.2, 0.25) is 0 Å². The van der Waals surface area contributed by atoms with Crippen LogP contribution in [0, 0.1) is 15.9 Å². The molecule has 0 heterocycles. The molecule has 6 heteroatoms. The Labute approximate surface area is 111 Å². The fourth-order valence-corrected chi connectivity index (χ4v) is 2.67. The van der Waals surface area contributed by atoms with Crippen LogP contribution in [0.4, 0.5) is 10.1 Å². The lowest BCUT2D eigenvalue weighted by atomic mass is 10.2. The van der Waals surface area contributed by atoms with Crippen LogP contribution in [0.15, 0.2) is 53.4 Å². The first-order valence-corrected chi connectivity index (χ1v) is 6.75. The van der Waals surface area contributed by atoms with E-state index in [0.29, 0.717) is 10.5 Å². The Morgan fingerprint density at radius 2 is 1.84 bits per heavy atom. The third-order valence-corrected chi connectivity index (χ3v) is 3.89. The number of hydrogen-bond donors (Lipinski definition) is 0. The third-order valence-electron chi connectivity index (χ3n) is 2.50. The molecule has 1 unspecified atom stereocenters. The number of rotatable bonds is 4. The minimum Gasteiger partial charge on any atom is -0.258 e. The minimum absolute atomic E-state index is 0.0337. The number of halogens is 1. The second-order valence-electron chi connectivity index (χ2n) is 3.87. The van der Waals surface area contributed by atoms with Crippen molar-refractivity contribution < 1.29 is 13.5 Å². The molecule has 0 aliphatic rings. The van der Waals surface area contributed by atoms with Gasteiger partial charge in [-0.1, -0.05) is 12.1 Å². The summed E-state index contributed by atoms with van der Waals surface area (Å²) in [4.78, 5) is 10.6. The average molecular weight is 279 g/mol. The van der Waals surface area contributed by atoms with Gasteiger partial charge in [-0.2, -0.15) is 0 Å². The van der Waals surface area contributed by atoms with Gasteiger partial charge >= 0.3 is 0 Å². The average Bonchev–Trinajstić information content (AvgIpc) is 2.39. The molecule has 98 valence electrons. The first-order valence-electron chi connectivity index (χ1n) is 5.43. The van der Waals surface area contributed by atoms with Crippen molar-refractivity contribution in [2.24, 2.45) is 0 Å². The maximum absolute atomic E-state index is 12.7. The second-order valence-corrected chi connectivity index (χ2v) is 5.32. The summed E-state index contributed by atoms with van der Waals surface area (Å²) in [5.41, 5.74) is 0.575. The van der Waals surface area contributed by atoms with Crippen LogP contribution in [0.5, 0.6) is 0 Å². The van der Waals surface area contributed by atoms with Crippen molar-refractivity contribution in [2.45, 2.75) is 10.6 Å². The highest BCUT2D eigenvalue weighted by Gasteiger charge is 2.09. The first kappa shape index (κ1) is 13.4. The molecule has 0 spiro atoms. The SMILES string of the molecule is O=[N+]([O-])c1cccc(CS(=O)c2ccc(F)cc2)c1. The summed E-state index contributed by atoms with van der Waals surface area (Å²) in [5.74, 6) is -0.232. The summed E-state index contributed by atoms with van der Waals surface area (Å²) in [7, 11) is -1.35. The Kier molecular flexibility index (Phi) is 4.01. The minimum atomic E-state index is -1.35. The summed E-state index contributed by atoms with van der Waals surface area (Å²) in [5, 5.41) is 10.6. The number of non-ortho nitro benzene ring substituents is 1. The largest absolute Gasteiger partial charge is 0.269 e. The van der Waals surface area contributed by atoms with Crippen molar-refractivity contribution in [3.05, 3.63) is 70.0 Å². The molecule has 0 aliphatic heterocycles. The summed E-state index contributed by atoms with van der Waals surface area (Å²) in [6, 6.07) is 11.4. The summed E-state index contributed by atoms with van der Waals surface area (Å²) < 4.78 is 24.8. The quantitative estimate of drug-likeness (QED) is 0.638. The Morgan fingerprint density at radius 3 is 2.47 bits per heavy atom. The van der Waals surface area contributed by atoms with Gasteiger partial charge in [-0.3, -0.25) is 14.3 Å². The normalized spacial score (nSPS) is 12.1. The number of nitrogens with zero attached hydrogens (tertiary/aromatic N) is 1. The van der Waals surface area contributed by atoms with Crippen LogP contribution in [0.1, 0.15) is 5.56 Å². The maximum atomic E-state index is 12.7. The standard InChI is InChI=1S/C13H10FNO3S/c14-11-4-6-13(7-5-11)19(18)9-10-2-1-3-12(8-10)15(16)17/h1-8H,9H2. The van der Waals surface area contributed by atoms with Crippen molar-refractivity contribution in [3.8, 4) is 0 Å². The number of benzene rings is 2. The third kappa shape index (κ3) is 3.45. The molecule has 0 bridgehead atoms. The predicted octanol–water partition coefficient (Wildman–Crippen LogP) is 3.04. The molecule has 0 fully saturated rings. The number of hydrogen-bond acceptors (Lipinski definition) is 3. The van der Waals surface area contributed by atoms with Crippen LogP contribution >= 0.6 is 0 Å². The lowest BCUT2D eigenvalue weighted by molar-refractivity contribution is -0.384. The lowest BCUT2D eigenvalue weighted by Crippen LogP contribution is -1.97. The zero-order chi connectivity index (χ0) is 13.8. The molecular formula is C13H10FNO3S.